The van der Waals surface area contributed by atoms with E-state index < -0.39 is 5.97 Å². The summed E-state index contributed by atoms with van der Waals surface area (Å²) in [5.74, 6) is -1.36. The predicted octanol–water partition coefficient (Wildman–Crippen LogP) is 0.566. The number of carboxylic acid groups (broad SMARTS) is 1. The van der Waals surface area contributed by atoms with E-state index in [1.54, 1.807) is 16.7 Å². The third-order valence-corrected chi connectivity index (χ3v) is 3.57. The van der Waals surface area contributed by atoms with Gasteiger partial charge < -0.3 is 14.9 Å². The van der Waals surface area contributed by atoms with Crippen LogP contribution in [-0.2, 0) is 14.4 Å². The van der Waals surface area contributed by atoms with E-state index in [-0.39, 0.29) is 36.6 Å². The summed E-state index contributed by atoms with van der Waals surface area (Å²) in [6.45, 7) is 6.96. The number of likely N-dealkylation sites (tertiary alicyclic amines) is 1. The van der Waals surface area contributed by atoms with Crippen LogP contribution in [0.1, 0.15) is 33.6 Å². The highest BCUT2D eigenvalue weighted by Gasteiger charge is 2.36. The largest absolute Gasteiger partial charge is 0.481 e. The Labute approximate surface area is 113 Å². The molecular formula is C13H22N2O4. The average Bonchev–Trinajstić information content (AvgIpc) is 2.70. The minimum Gasteiger partial charge on any atom is -0.481 e. The molecule has 19 heavy (non-hydrogen) atoms. The van der Waals surface area contributed by atoms with E-state index in [0.717, 1.165) is 0 Å². The minimum absolute atomic E-state index is 0.00258. The molecule has 0 bridgehead atoms. The molecule has 1 aliphatic rings. The van der Waals surface area contributed by atoms with Crippen molar-refractivity contribution in [1.29, 1.82) is 0 Å². The average molecular weight is 270 g/mol. The molecule has 0 saturated carbocycles. The van der Waals surface area contributed by atoms with Crippen LogP contribution >= 0.6 is 0 Å². The summed E-state index contributed by atoms with van der Waals surface area (Å²) in [6.07, 6.45) is 0.167. The van der Waals surface area contributed by atoms with Crippen LogP contribution in [0.5, 0.6) is 0 Å². The number of nitrogens with zero attached hydrogens (tertiary/aromatic N) is 2. The van der Waals surface area contributed by atoms with E-state index in [0.29, 0.717) is 19.6 Å². The molecule has 1 rings (SSSR count). The molecule has 6 heteroatoms. The first-order chi connectivity index (χ1) is 8.90. The van der Waals surface area contributed by atoms with Crippen molar-refractivity contribution in [2.24, 2.45) is 5.92 Å². The number of aliphatic carboxylic acids is 1. The Morgan fingerprint density at radius 1 is 1.47 bits per heavy atom. The Balaban J connectivity index is 2.69. The molecule has 2 unspecified atom stereocenters. The van der Waals surface area contributed by atoms with Gasteiger partial charge >= 0.3 is 5.97 Å². The Morgan fingerprint density at radius 3 is 2.53 bits per heavy atom. The van der Waals surface area contributed by atoms with Gasteiger partial charge in [0.25, 0.3) is 0 Å². The van der Waals surface area contributed by atoms with Crippen molar-refractivity contribution in [1.82, 2.24) is 9.80 Å². The van der Waals surface area contributed by atoms with Gasteiger partial charge in [-0.25, -0.2) is 0 Å². The Morgan fingerprint density at radius 2 is 2.11 bits per heavy atom. The molecule has 108 valence electrons. The zero-order valence-electron chi connectivity index (χ0n) is 11.8. The summed E-state index contributed by atoms with van der Waals surface area (Å²) in [5, 5.41) is 8.80. The summed E-state index contributed by atoms with van der Waals surface area (Å²) >= 11 is 0. The molecular weight excluding hydrogens is 248 g/mol. The van der Waals surface area contributed by atoms with E-state index in [9.17, 15) is 14.4 Å². The molecule has 1 N–H and O–H groups in total. The fraction of sp³-hybridized carbons (Fsp3) is 0.769. The number of hydrogen-bond donors (Lipinski definition) is 1. The van der Waals surface area contributed by atoms with Crippen molar-refractivity contribution in [2.75, 3.05) is 19.6 Å². The first-order valence-electron chi connectivity index (χ1n) is 6.70. The molecule has 0 aromatic rings. The number of amides is 2. The van der Waals surface area contributed by atoms with Crippen LogP contribution in [-0.4, -0.2) is 58.4 Å². The molecule has 0 aliphatic carbocycles. The second-order valence-corrected chi connectivity index (χ2v) is 4.90. The predicted molar refractivity (Wildman–Crippen MR) is 69.5 cm³/mol. The first-order valence-corrected chi connectivity index (χ1v) is 6.70. The van der Waals surface area contributed by atoms with Crippen LogP contribution < -0.4 is 0 Å². The monoisotopic (exact) mass is 270 g/mol. The summed E-state index contributed by atoms with van der Waals surface area (Å²) in [6, 6.07) is -0.347. The maximum absolute atomic E-state index is 12.4. The zero-order chi connectivity index (χ0) is 14.6. The lowest BCUT2D eigenvalue weighted by atomic mass is 10.1. The quantitative estimate of drug-likeness (QED) is 0.765. The fourth-order valence-corrected chi connectivity index (χ4v) is 2.53. The van der Waals surface area contributed by atoms with Gasteiger partial charge in [-0.1, -0.05) is 0 Å². The van der Waals surface area contributed by atoms with E-state index in [2.05, 4.69) is 0 Å². The van der Waals surface area contributed by atoms with E-state index >= 15 is 0 Å². The maximum Gasteiger partial charge on any atom is 0.305 e. The van der Waals surface area contributed by atoms with Crippen molar-refractivity contribution in [2.45, 2.75) is 39.7 Å². The van der Waals surface area contributed by atoms with Crippen molar-refractivity contribution in [3.8, 4) is 0 Å². The summed E-state index contributed by atoms with van der Waals surface area (Å²) in [4.78, 5) is 38.0. The van der Waals surface area contributed by atoms with Crippen LogP contribution in [0.3, 0.4) is 0 Å². The third kappa shape index (κ3) is 3.68. The van der Waals surface area contributed by atoms with Gasteiger partial charge in [-0.05, 0) is 20.8 Å². The second-order valence-electron chi connectivity index (χ2n) is 4.90. The molecule has 1 aliphatic heterocycles. The van der Waals surface area contributed by atoms with E-state index in [1.165, 1.54) is 0 Å². The van der Waals surface area contributed by atoms with Gasteiger partial charge in [-0.3, -0.25) is 14.4 Å². The second kappa shape index (κ2) is 6.54. The molecule has 1 saturated heterocycles. The van der Waals surface area contributed by atoms with Gasteiger partial charge in [0.1, 0.15) is 0 Å². The molecule has 0 radical (unpaired) electrons. The zero-order valence-corrected chi connectivity index (χ0v) is 11.8. The number of hydrogen-bond acceptors (Lipinski definition) is 3. The van der Waals surface area contributed by atoms with Crippen LogP contribution in [0.4, 0.5) is 0 Å². The highest BCUT2D eigenvalue weighted by molar-refractivity contribution is 5.89. The van der Waals surface area contributed by atoms with Crippen LogP contribution in [0.25, 0.3) is 0 Å². The highest BCUT2D eigenvalue weighted by atomic mass is 16.4. The van der Waals surface area contributed by atoms with Gasteiger partial charge in [0.15, 0.2) is 0 Å². The maximum atomic E-state index is 12.4. The molecule has 0 aromatic carbocycles. The van der Waals surface area contributed by atoms with Crippen LogP contribution in [0.2, 0.25) is 0 Å². The first kappa shape index (κ1) is 15.5. The molecule has 6 nitrogen and oxygen atoms in total. The van der Waals surface area contributed by atoms with Gasteiger partial charge in [0, 0.05) is 32.1 Å². The molecule has 0 spiro atoms. The number of carboxylic acids is 1. The topological polar surface area (TPSA) is 77.9 Å². The highest BCUT2D eigenvalue weighted by Crippen LogP contribution is 2.21. The lowest BCUT2D eigenvalue weighted by molar-refractivity contribution is -0.142. The number of carbonyl (C=O) groups is 3. The van der Waals surface area contributed by atoms with Gasteiger partial charge in [0.05, 0.1) is 12.3 Å². The van der Waals surface area contributed by atoms with Crippen molar-refractivity contribution >= 4 is 17.8 Å². The van der Waals surface area contributed by atoms with Gasteiger partial charge in [0.2, 0.25) is 11.8 Å². The van der Waals surface area contributed by atoms with Gasteiger partial charge in [-0.2, -0.15) is 0 Å². The summed E-state index contributed by atoms with van der Waals surface area (Å²) < 4.78 is 0. The molecule has 1 fully saturated rings. The van der Waals surface area contributed by atoms with E-state index in [4.69, 9.17) is 5.11 Å². The summed E-state index contributed by atoms with van der Waals surface area (Å²) in [5.41, 5.74) is 0. The number of rotatable bonds is 6. The lowest BCUT2D eigenvalue weighted by Gasteiger charge is -2.29. The Bertz CT molecular complexity index is 370. The van der Waals surface area contributed by atoms with Crippen LogP contribution in [0.15, 0.2) is 0 Å². The minimum atomic E-state index is -0.920. The Kier molecular flexibility index (Phi) is 5.32. The SMILES string of the molecule is CCN1CC(C(=O)N(CC)C(C)CC(=O)O)CC1=O. The van der Waals surface area contributed by atoms with Crippen molar-refractivity contribution in [3.05, 3.63) is 0 Å². The smallest absolute Gasteiger partial charge is 0.305 e. The molecule has 1 heterocycles. The van der Waals surface area contributed by atoms with Gasteiger partial charge in [-0.15, -0.1) is 0 Å². The number of carbonyl (C=O) groups excluding carboxylic acids is 2. The van der Waals surface area contributed by atoms with E-state index in [1.807, 2.05) is 13.8 Å². The third-order valence-electron chi connectivity index (χ3n) is 3.57. The van der Waals surface area contributed by atoms with Crippen molar-refractivity contribution in [3.63, 3.8) is 0 Å². The molecule has 0 aromatic heterocycles. The fourth-order valence-electron chi connectivity index (χ4n) is 2.53. The molecule has 2 atom stereocenters. The molecule has 2 amide bonds. The standard InChI is InChI=1S/C13H22N2O4/c1-4-14-8-10(7-11(14)16)13(19)15(5-2)9(3)6-12(17)18/h9-10H,4-8H2,1-3H3,(H,17,18). The Hall–Kier alpha value is -1.59. The normalized spacial score (nSPS) is 20.5. The van der Waals surface area contributed by atoms with Crippen molar-refractivity contribution < 1.29 is 19.5 Å². The van der Waals surface area contributed by atoms with Crippen LogP contribution in [0, 0.1) is 5.92 Å². The summed E-state index contributed by atoms with van der Waals surface area (Å²) in [7, 11) is 0. The lowest BCUT2D eigenvalue weighted by Crippen LogP contribution is -2.43.